The first-order valence-corrected chi connectivity index (χ1v) is 4.20. The lowest BCUT2D eigenvalue weighted by atomic mass is 9.80. The molecule has 2 heteroatoms. The maximum atomic E-state index is 9.63. The highest BCUT2D eigenvalue weighted by atomic mass is 16.3. The van der Waals surface area contributed by atoms with Crippen molar-refractivity contribution in [3.05, 3.63) is 12.2 Å². The second-order valence-corrected chi connectivity index (χ2v) is 3.64. The summed E-state index contributed by atoms with van der Waals surface area (Å²) in [6.45, 7) is 7.30. The van der Waals surface area contributed by atoms with Crippen molar-refractivity contribution in [2.75, 3.05) is 13.1 Å². The number of nitrogens with one attached hydrogen (secondary N) is 1. The first-order valence-electron chi connectivity index (χ1n) is 4.20. The van der Waals surface area contributed by atoms with Crippen LogP contribution >= 0.6 is 0 Å². The smallest absolute Gasteiger partial charge is 0.0771 e. The Kier molecular flexibility index (Phi) is 2.68. The third-order valence-electron chi connectivity index (χ3n) is 2.17. The van der Waals surface area contributed by atoms with Crippen molar-refractivity contribution in [3.8, 4) is 0 Å². The second kappa shape index (κ2) is 3.37. The monoisotopic (exact) mass is 155 g/mol. The van der Waals surface area contributed by atoms with Gasteiger partial charge in [-0.2, -0.15) is 0 Å². The standard InChI is InChI=1S/C9H17NO/c1-8(2)6-10-7-9(11)4-3-5-9/h10-11H,1,3-7H2,2H3. The van der Waals surface area contributed by atoms with E-state index < -0.39 is 5.60 Å². The molecule has 0 bridgehead atoms. The fraction of sp³-hybridized carbons (Fsp3) is 0.778. The molecule has 0 saturated heterocycles. The van der Waals surface area contributed by atoms with Crippen molar-refractivity contribution in [2.45, 2.75) is 31.8 Å². The van der Waals surface area contributed by atoms with Crippen LogP contribution in [0, 0.1) is 0 Å². The minimum Gasteiger partial charge on any atom is -0.389 e. The highest BCUT2D eigenvalue weighted by Crippen LogP contribution is 2.30. The maximum absolute atomic E-state index is 9.63. The van der Waals surface area contributed by atoms with Crippen LogP contribution in [0.3, 0.4) is 0 Å². The average molecular weight is 155 g/mol. The second-order valence-electron chi connectivity index (χ2n) is 3.64. The molecule has 2 N–H and O–H groups in total. The third-order valence-corrected chi connectivity index (χ3v) is 2.17. The molecular weight excluding hydrogens is 138 g/mol. The van der Waals surface area contributed by atoms with E-state index in [0.29, 0.717) is 0 Å². The van der Waals surface area contributed by atoms with Crippen LogP contribution in [-0.2, 0) is 0 Å². The van der Waals surface area contributed by atoms with E-state index in [9.17, 15) is 5.11 Å². The normalized spacial score (nSPS) is 20.9. The van der Waals surface area contributed by atoms with E-state index in [-0.39, 0.29) is 0 Å². The number of hydrogen-bond donors (Lipinski definition) is 2. The molecule has 2 nitrogen and oxygen atoms in total. The molecule has 0 radical (unpaired) electrons. The van der Waals surface area contributed by atoms with Crippen molar-refractivity contribution in [3.63, 3.8) is 0 Å². The Morgan fingerprint density at radius 2 is 2.27 bits per heavy atom. The van der Waals surface area contributed by atoms with E-state index in [1.165, 1.54) is 6.42 Å². The van der Waals surface area contributed by atoms with Crippen LogP contribution in [0.4, 0.5) is 0 Å². The number of aliphatic hydroxyl groups is 1. The molecule has 0 aromatic heterocycles. The summed E-state index contributed by atoms with van der Waals surface area (Å²) in [7, 11) is 0. The summed E-state index contributed by atoms with van der Waals surface area (Å²) in [4.78, 5) is 0. The predicted molar refractivity (Wildman–Crippen MR) is 46.5 cm³/mol. The molecule has 0 heterocycles. The van der Waals surface area contributed by atoms with Crippen LogP contribution in [-0.4, -0.2) is 23.8 Å². The fourth-order valence-electron chi connectivity index (χ4n) is 1.27. The summed E-state index contributed by atoms with van der Waals surface area (Å²) in [5.41, 5.74) is 0.725. The van der Waals surface area contributed by atoms with Gasteiger partial charge < -0.3 is 10.4 Å². The van der Waals surface area contributed by atoms with Gasteiger partial charge in [0.15, 0.2) is 0 Å². The zero-order valence-corrected chi connectivity index (χ0v) is 7.19. The quantitative estimate of drug-likeness (QED) is 0.595. The van der Waals surface area contributed by atoms with E-state index >= 15 is 0 Å². The van der Waals surface area contributed by atoms with Crippen molar-refractivity contribution in [2.24, 2.45) is 0 Å². The largest absolute Gasteiger partial charge is 0.389 e. The first-order chi connectivity index (χ1) is 5.12. The molecule has 0 atom stereocenters. The van der Waals surface area contributed by atoms with Gasteiger partial charge in [0.05, 0.1) is 5.60 Å². The van der Waals surface area contributed by atoms with Gasteiger partial charge in [-0.3, -0.25) is 0 Å². The van der Waals surface area contributed by atoms with E-state index in [0.717, 1.165) is 31.5 Å². The molecule has 64 valence electrons. The summed E-state index contributed by atoms with van der Waals surface area (Å²) >= 11 is 0. The summed E-state index contributed by atoms with van der Waals surface area (Å²) in [5, 5.41) is 12.8. The Bertz CT molecular complexity index is 150. The van der Waals surface area contributed by atoms with Crippen molar-refractivity contribution in [1.82, 2.24) is 5.32 Å². The molecule has 1 aliphatic carbocycles. The Morgan fingerprint density at radius 1 is 1.64 bits per heavy atom. The van der Waals surface area contributed by atoms with E-state index in [1.807, 2.05) is 6.92 Å². The summed E-state index contributed by atoms with van der Waals surface area (Å²) < 4.78 is 0. The van der Waals surface area contributed by atoms with Crippen LogP contribution in [0.5, 0.6) is 0 Å². The van der Waals surface area contributed by atoms with E-state index in [1.54, 1.807) is 0 Å². The lowest BCUT2D eigenvalue weighted by Crippen LogP contribution is -2.46. The predicted octanol–water partition coefficient (Wildman–Crippen LogP) is 1.07. The minimum atomic E-state index is -0.393. The zero-order chi connectivity index (χ0) is 8.32. The number of hydrogen-bond acceptors (Lipinski definition) is 2. The van der Waals surface area contributed by atoms with Gasteiger partial charge in [-0.1, -0.05) is 12.2 Å². The van der Waals surface area contributed by atoms with Crippen molar-refractivity contribution in [1.29, 1.82) is 0 Å². The highest BCUT2D eigenvalue weighted by molar-refractivity contribution is 4.94. The van der Waals surface area contributed by atoms with Crippen LogP contribution in [0.15, 0.2) is 12.2 Å². The first kappa shape index (κ1) is 8.75. The zero-order valence-electron chi connectivity index (χ0n) is 7.19. The van der Waals surface area contributed by atoms with Gasteiger partial charge in [-0.25, -0.2) is 0 Å². The van der Waals surface area contributed by atoms with Crippen LogP contribution in [0.1, 0.15) is 26.2 Å². The lowest BCUT2D eigenvalue weighted by Gasteiger charge is -2.36. The molecule has 1 saturated carbocycles. The Hall–Kier alpha value is -0.340. The maximum Gasteiger partial charge on any atom is 0.0771 e. The van der Waals surface area contributed by atoms with Crippen LogP contribution < -0.4 is 5.32 Å². The van der Waals surface area contributed by atoms with E-state index in [2.05, 4.69) is 11.9 Å². The van der Waals surface area contributed by atoms with Gasteiger partial charge in [0.1, 0.15) is 0 Å². The molecule has 1 fully saturated rings. The Labute approximate surface area is 68.3 Å². The molecule has 0 amide bonds. The van der Waals surface area contributed by atoms with Crippen molar-refractivity contribution < 1.29 is 5.11 Å². The van der Waals surface area contributed by atoms with Gasteiger partial charge in [0.25, 0.3) is 0 Å². The van der Waals surface area contributed by atoms with Gasteiger partial charge in [-0.05, 0) is 26.2 Å². The molecule has 0 aliphatic heterocycles. The van der Waals surface area contributed by atoms with Gasteiger partial charge in [-0.15, -0.1) is 0 Å². The van der Waals surface area contributed by atoms with Crippen LogP contribution in [0.25, 0.3) is 0 Å². The summed E-state index contributed by atoms with van der Waals surface area (Å²) in [6, 6.07) is 0. The summed E-state index contributed by atoms with van der Waals surface area (Å²) in [6.07, 6.45) is 3.08. The van der Waals surface area contributed by atoms with Crippen LogP contribution in [0.2, 0.25) is 0 Å². The SMILES string of the molecule is C=C(C)CNCC1(O)CCC1. The lowest BCUT2D eigenvalue weighted by molar-refractivity contribution is -0.0306. The molecular formula is C9H17NO. The minimum absolute atomic E-state index is 0.393. The Morgan fingerprint density at radius 3 is 2.64 bits per heavy atom. The van der Waals surface area contributed by atoms with Crippen molar-refractivity contribution >= 4 is 0 Å². The van der Waals surface area contributed by atoms with Gasteiger partial charge in [0.2, 0.25) is 0 Å². The molecule has 0 spiro atoms. The van der Waals surface area contributed by atoms with Gasteiger partial charge in [0, 0.05) is 13.1 Å². The topological polar surface area (TPSA) is 32.3 Å². The molecule has 1 aliphatic rings. The molecule has 11 heavy (non-hydrogen) atoms. The molecule has 0 aromatic carbocycles. The molecule has 0 unspecified atom stereocenters. The summed E-state index contributed by atoms with van der Waals surface area (Å²) in [5.74, 6) is 0. The Balaban J connectivity index is 2.07. The van der Waals surface area contributed by atoms with Gasteiger partial charge >= 0.3 is 0 Å². The highest BCUT2D eigenvalue weighted by Gasteiger charge is 2.33. The fourth-order valence-corrected chi connectivity index (χ4v) is 1.27. The molecule has 0 aromatic rings. The third kappa shape index (κ3) is 2.64. The number of rotatable bonds is 4. The molecule has 1 rings (SSSR count). The van der Waals surface area contributed by atoms with E-state index in [4.69, 9.17) is 0 Å². The average Bonchev–Trinajstić information content (AvgIpc) is 1.83.